The summed E-state index contributed by atoms with van der Waals surface area (Å²) < 4.78 is 10.8. The van der Waals surface area contributed by atoms with Crippen LogP contribution in [0.5, 0.6) is 11.5 Å². The van der Waals surface area contributed by atoms with Crippen LogP contribution < -0.4 is 9.47 Å². The zero-order valence-corrected chi connectivity index (χ0v) is 21.4. The van der Waals surface area contributed by atoms with Gasteiger partial charge in [0.25, 0.3) is 0 Å². The summed E-state index contributed by atoms with van der Waals surface area (Å²) in [7, 11) is 3.23. The third-order valence-corrected chi connectivity index (χ3v) is 7.47. The lowest BCUT2D eigenvalue weighted by atomic mass is 10.1. The molecule has 1 heterocycles. The van der Waals surface area contributed by atoms with E-state index in [9.17, 15) is 9.59 Å². The lowest BCUT2D eigenvalue weighted by Gasteiger charge is -2.28. The highest BCUT2D eigenvalue weighted by Crippen LogP contribution is 2.28. The number of thiophene rings is 1. The Kier molecular flexibility index (Phi) is 9.57. The Morgan fingerprint density at radius 3 is 2.47 bits per heavy atom. The number of hydrogen-bond donors (Lipinski definition) is 0. The van der Waals surface area contributed by atoms with Gasteiger partial charge in [-0.3, -0.25) is 9.59 Å². The van der Waals surface area contributed by atoms with Crippen LogP contribution in [0.15, 0.2) is 42.3 Å². The summed E-state index contributed by atoms with van der Waals surface area (Å²) in [5, 5.41) is 2.05. The van der Waals surface area contributed by atoms with Gasteiger partial charge in [0.15, 0.2) is 11.5 Å². The number of benzene rings is 1. The molecule has 184 valence electrons. The topological polar surface area (TPSA) is 59.1 Å². The Morgan fingerprint density at radius 2 is 1.85 bits per heavy atom. The number of hydrogen-bond acceptors (Lipinski definition) is 5. The highest BCUT2D eigenvalue weighted by Gasteiger charge is 2.29. The molecule has 0 bridgehead atoms. The van der Waals surface area contributed by atoms with Crippen LogP contribution in [0.2, 0.25) is 0 Å². The molecule has 1 aromatic heterocycles. The monoisotopic (exact) mass is 484 g/mol. The number of methoxy groups -OCH3 is 2. The van der Waals surface area contributed by atoms with Crippen molar-refractivity contribution >= 4 is 23.2 Å². The summed E-state index contributed by atoms with van der Waals surface area (Å²) in [6.45, 7) is 7.42. The van der Waals surface area contributed by atoms with E-state index >= 15 is 0 Å². The number of ether oxygens (including phenoxy) is 2. The van der Waals surface area contributed by atoms with E-state index in [1.54, 1.807) is 36.5 Å². The first-order chi connectivity index (χ1) is 16.5. The molecule has 0 spiro atoms. The Hall–Kier alpha value is -2.80. The number of amides is 2. The zero-order chi connectivity index (χ0) is 24.5. The second-order valence-electron chi connectivity index (χ2n) is 8.77. The fourth-order valence-corrected chi connectivity index (χ4v) is 5.33. The summed E-state index contributed by atoms with van der Waals surface area (Å²) in [5.41, 5.74) is 2.24. The van der Waals surface area contributed by atoms with Gasteiger partial charge in [-0.1, -0.05) is 25.0 Å². The first kappa shape index (κ1) is 25.8. The molecule has 34 heavy (non-hydrogen) atoms. The molecule has 6 nitrogen and oxygen atoms in total. The van der Waals surface area contributed by atoms with Gasteiger partial charge in [0.2, 0.25) is 11.8 Å². The number of nitrogens with zero attached hydrogens (tertiary/aromatic N) is 2. The summed E-state index contributed by atoms with van der Waals surface area (Å²) >= 11 is 1.66. The molecule has 3 rings (SSSR count). The molecule has 1 aliphatic carbocycles. The van der Waals surface area contributed by atoms with E-state index in [1.165, 1.54) is 5.56 Å². The smallest absolute Gasteiger partial charge is 0.242 e. The summed E-state index contributed by atoms with van der Waals surface area (Å²) in [6.07, 6.45) is 6.38. The van der Waals surface area contributed by atoms with Crippen molar-refractivity contribution in [3.05, 3.63) is 58.3 Å². The lowest BCUT2D eigenvalue weighted by molar-refractivity contribution is -0.142. The molecular formula is C27H36N2O4S. The van der Waals surface area contributed by atoms with E-state index in [-0.39, 0.29) is 24.3 Å². The van der Waals surface area contributed by atoms with Crippen LogP contribution in [0, 0.1) is 12.8 Å². The average Bonchev–Trinajstić information content (AvgIpc) is 3.52. The van der Waals surface area contributed by atoms with Crippen molar-refractivity contribution in [3.8, 4) is 11.5 Å². The van der Waals surface area contributed by atoms with Crippen molar-refractivity contribution in [2.75, 3.05) is 33.9 Å². The molecule has 2 aromatic rings. The summed E-state index contributed by atoms with van der Waals surface area (Å²) in [6, 6.07) is 7.90. The molecule has 2 amide bonds. The largest absolute Gasteiger partial charge is 0.493 e. The average molecular weight is 485 g/mol. The normalized spacial score (nSPS) is 13.5. The SMILES string of the molecule is C=CCN(CC(=O)N(CCc1ccc(OC)c(OC)c1)Cc1sccc1C)C(=O)C1CCCC1. The molecule has 1 aliphatic rings. The fraction of sp³-hybridized carbons (Fsp3) is 0.481. The molecule has 0 aliphatic heterocycles. The number of rotatable bonds is 12. The van der Waals surface area contributed by atoms with Gasteiger partial charge in [0, 0.05) is 23.9 Å². The molecule has 0 atom stereocenters. The van der Waals surface area contributed by atoms with Gasteiger partial charge in [-0.25, -0.2) is 0 Å². The Balaban J connectivity index is 1.74. The number of carbonyl (C=O) groups is 2. The zero-order valence-electron chi connectivity index (χ0n) is 20.5. The quantitative estimate of drug-likeness (QED) is 0.404. The molecule has 1 aromatic carbocycles. The van der Waals surface area contributed by atoms with Crippen molar-refractivity contribution < 1.29 is 19.1 Å². The maximum atomic E-state index is 13.5. The molecular weight excluding hydrogens is 448 g/mol. The van der Waals surface area contributed by atoms with Crippen molar-refractivity contribution in [1.82, 2.24) is 9.80 Å². The minimum Gasteiger partial charge on any atom is -0.493 e. The van der Waals surface area contributed by atoms with Crippen LogP contribution >= 0.6 is 11.3 Å². The van der Waals surface area contributed by atoms with E-state index in [0.717, 1.165) is 36.1 Å². The van der Waals surface area contributed by atoms with Crippen LogP contribution in [0.25, 0.3) is 0 Å². The maximum Gasteiger partial charge on any atom is 0.242 e. The highest BCUT2D eigenvalue weighted by molar-refractivity contribution is 7.10. The fourth-order valence-electron chi connectivity index (χ4n) is 4.41. The van der Waals surface area contributed by atoms with Crippen molar-refractivity contribution in [3.63, 3.8) is 0 Å². The van der Waals surface area contributed by atoms with E-state index in [4.69, 9.17) is 9.47 Å². The van der Waals surface area contributed by atoms with Crippen molar-refractivity contribution in [2.24, 2.45) is 5.92 Å². The van der Waals surface area contributed by atoms with Gasteiger partial charge in [-0.05, 0) is 60.9 Å². The highest BCUT2D eigenvalue weighted by atomic mass is 32.1. The number of carbonyl (C=O) groups excluding carboxylic acids is 2. The van der Waals surface area contributed by atoms with Crippen LogP contribution in [0.3, 0.4) is 0 Å². The third kappa shape index (κ3) is 6.63. The molecule has 0 radical (unpaired) electrons. The Morgan fingerprint density at radius 1 is 1.12 bits per heavy atom. The minimum atomic E-state index is -0.0403. The number of aryl methyl sites for hydroxylation is 1. The van der Waals surface area contributed by atoms with Crippen LogP contribution in [0.4, 0.5) is 0 Å². The van der Waals surface area contributed by atoms with E-state index in [1.807, 2.05) is 23.1 Å². The first-order valence-corrected chi connectivity index (χ1v) is 12.8. The molecule has 7 heteroatoms. The molecule has 1 saturated carbocycles. The first-order valence-electron chi connectivity index (χ1n) is 11.9. The maximum absolute atomic E-state index is 13.5. The molecule has 0 saturated heterocycles. The Labute approximate surface area is 207 Å². The summed E-state index contributed by atoms with van der Waals surface area (Å²) in [5.74, 6) is 1.43. The van der Waals surface area contributed by atoms with Crippen molar-refractivity contribution in [2.45, 2.75) is 45.6 Å². The molecule has 0 N–H and O–H groups in total. The van der Waals surface area contributed by atoms with Crippen LogP contribution in [0.1, 0.15) is 41.7 Å². The minimum absolute atomic E-state index is 0.0347. The summed E-state index contributed by atoms with van der Waals surface area (Å²) in [4.78, 5) is 31.3. The van der Waals surface area contributed by atoms with Crippen LogP contribution in [-0.4, -0.2) is 55.5 Å². The molecule has 1 fully saturated rings. The Bertz CT molecular complexity index is 981. The van der Waals surface area contributed by atoms with Gasteiger partial charge >= 0.3 is 0 Å². The van der Waals surface area contributed by atoms with Crippen molar-refractivity contribution in [1.29, 1.82) is 0 Å². The third-order valence-electron chi connectivity index (χ3n) is 6.47. The lowest BCUT2D eigenvalue weighted by Crippen LogP contribution is -2.45. The second kappa shape index (κ2) is 12.6. The van der Waals surface area contributed by atoms with Gasteiger partial charge in [-0.2, -0.15) is 0 Å². The standard InChI is InChI=1S/C27H36N2O4S/c1-5-14-29(27(31)22-8-6-7-9-22)19-26(30)28(18-25-20(2)13-16-34-25)15-12-21-10-11-23(32-3)24(17-21)33-4/h5,10-11,13,16-17,22H,1,6-9,12,14-15,18-19H2,2-4H3. The van der Waals surface area contributed by atoms with Gasteiger partial charge < -0.3 is 19.3 Å². The van der Waals surface area contributed by atoms with Gasteiger partial charge in [0.05, 0.1) is 20.8 Å². The second-order valence-corrected chi connectivity index (χ2v) is 9.77. The predicted molar refractivity (Wildman–Crippen MR) is 136 cm³/mol. The van der Waals surface area contributed by atoms with Gasteiger partial charge in [-0.15, -0.1) is 17.9 Å². The van der Waals surface area contributed by atoms with Crippen LogP contribution in [-0.2, 0) is 22.6 Å². The van der Waals surface area contributed by atoms with E-state index in [0.29, 0.717) is 37.6 Å². The molecule has 0 unspecified atom stereocenters. The van der Waals surface area contributed by atoms with E-state index < -0.39 is 0 Å². The van der Waals surface area contributed by atoms with Gasteiger partial charge in [0.1, 0.15) is 6.54 Å². The predicted octanol–water partition coefficient (Wildman–Crippen LogP) is 4.85. The van der Waals surface area contributed by atoms with E-state index in [2.05, 4.69) is 24.9 Å².